The van der Waals surface area contributed by atoms with Gasteiger partial charge in [-0.2, -0.15) is 0 Å². The molecule has 0 spiro atoms. The summed E-state index contributed by atoms with van der Waals surface area (Å²) in [6.07, 6.45) is 0. The third-order valence-electron chi connectivity index (χ3n) is 3.93. The second kappa shape index (κ2) is 7.56. The summed E-state index contributed by atoms with van der Waals surface area (Å²) < 4.78 is 10.6. The van der Waals surface area contributed by atoms with Crippen molar-refractivity contribution in [3.05, 3.63) is 41.7 Å². The molecule has 0 bridgehead atoms. The Bertz CT molecular complexity index is 925. The second-order valence-corrected chi connectivity index (χ2v) is 8.56. The summed E-state index contributed by atoms with van der Waals surface area (Å²) in [5.41, 5.74) is 2.16. The van der Waals surface area contributed by atoms with Gasteiger partial charge in [0, 0.05) is 11.6 Å². The fraction of sp³-hybridized carbons (Fsp3) is 0.368. The maximum Gasteiger partial charge on any atom is 0.277 e. The van der Waals surface area contributed by atoms with E-state index in [1.54, 1.807) is 19.9 Å². The number of aryl methyl sites for hydroxylation is 1. The van der Waals surface area contributed by atoms with Crippen molar-refractivity contribution in [2.24, 2.45) is 0 Å². The van der Waals surface area contributed by atoms with E-state index >= 15 is 0 Å². The zero-order valence-electron chi connectivity index (χ0n) is 15.9. The molecule has 0 aliphatic carbocycles. The van der Waals surface area contributed by atoms with Gasteiger partial charge >= 0.3 is 0 Å². The number of nitrogens with zero attached hydrogens (tertiary/aromatic N) is 3. The van der Waals surface area contributed by atoms with Gasteiger partial charge in [-0.3, -0.25) is 4.79 Å². The number of carbonyl (C=O) groups is 1. The molecule has 0 fully saturated rings. The second-order valence-electron chi connectivity index (χ2n) is 7.27. The molecule has 7 nitrogen and oxygen atoms in total. The normalized spacial score (nSPS) is 12.8. The number of thioether (sulfide) groups is 1. The molecule has 1 aromatic carbocycles. The molecule has 0 aliphatic heterocycles. The third-order valence-corrected chi connectivity index (χ3v) is 4.86. The van der Waals surface area contributed by atoms with Crippen LogP contribution in [0.2, 0.25) is 0 Å². The molecule has 0 aliphatic rings. The molecule has 0 saturated heterocycles. The minimum atomic E-state index is -0.432. The number of nitrogens with one attached hydrogen (secondary N) is 1. The van der Waals surface area contributed by atoms with Crippen LogP contribution < -0.4 is 5.32 Å². The highest BCUT2D eigenvalue weighted by Gasteiger charge is 2.20. The highest BCUT2D eigenvalue weighted by atomic mass is 32.2. The van der Waals surface area contributed by atoms with Crippen molar-refractivity contribution in [1.82, 2.24) is 15.4 Å². The van der Waals surface area contributed by atoms with E-state index < -0.39 is 5.25 Å². The fourth-order valence-electron chi connectivity index (χ4n) is 2.34. The summed E-state index contributed by atoms with van der Waals surface area (Å²) in [7, 11) is 0. The van der Waals surface area contributed by atoms with Gasteiger partial charge in [0.15, 0.2) is 5.82 Å². The molecular formula is C19H22N4O3S. The number of carbonyl (C=O) groups excluding carboxylic acids is 1. The zero-order valence-corrected chi connectivity index (χ0v) is 16.8. The van der Waals surface area contributed by atoms with E-state index in [1.807, 2.05) is 12.1 Å². The van der Waals surface area contributed by atoms with Gasteiger partial charge in [-0.15, -0.1) is 10.2 Å². The molecule has 8 heteroatoms. The Morgan fingerprint density at radius 1 is 1.19 bits per heavy atom. The molecule has 0 radical (unpaired) electrons. The summed E-state index contributed by atoms with van der Waals surface area (Å²) in [4.78, 5) is 12.2. The SMILES string of the molecule is Cc1cc(NC(=O)C(C)Sc2nnc(-c3ccc(C(C)(C)C)cc3)o2)no1. The van der Waals surface area contributed by atoms with Crippen molar-refractivity contribution in [2.75, 3.05) is 5.32 Å². The summed E-state index contributed by atoms with van der Waals surface area (Å²) in [6, 6.07) is 9.70. The van der Waals surface area contributed by atoms with Gasteiger partial charge in [0.05, 0.1) is 5.25 Å². The monoisotopic (exact) mass is 386 g/mol. The molecule has 2 heterocycles. The third kappa shape index (κ3) is 4.77. The lowest BCUT2D eigenvalue weighted by Gasteiger charge is -2.18. The molecule has 1 atom stereocenters. The van der Waals surface area contributed by atoms with E-state index in [9.17, 15) is 4.79 Å². The van der Waals surface area contributed by atoms with Gasteiger partial charge in [-0.1, -0.05) is 49.8 Å². The Balaban J connectivity index is 1.64. The summed E-state index contributed by atoms with van der Waals surface area (Å²) in [6.45, 7) is 10.0. The first-order chi connectivity index (χ1) is 12.7. The van der Waals surface area contributed by atoms with E-state index in [4.69, 9.17) is 8.94 Å². The number of anilines is 1. The van der Waals surface area contributed by atoms with E-state index in [0.29, 0.717) is 22.7 Å². The van der Waals surface area contributed by atoms with E-state index in [0.717, 1.165) is 5.56 Å². The molecule has 1 unspecified atom stereocenters. The van der Waals surface area contributed by atoms with Crippen molar-refractivity contribution < 1.29 is 13.7 Å². The van der Waals surface area contributed by atoms with Crippen LogP contribution >= 0.6 is 11.8 Å². The minimum Gasteiger partial charge on any atom is -0.411 e. The van der Waals surface area contributed by atoms with Crippen LogP contribution in [-0.4, -0.2) is 26.5 Å². The smallest absolute Gasteiger partial charge is 0.277 e. The largest absolute Gasteiger partial charge is 0.411 e. The van der Waals surface area contributed by atoms with Crippen LogP contribution in [0.15, 0.2) is 44.5 Å². The molecular weight excluding hydrogens is 364 g/mol. The summed E-state index contributed by atoms with van der Waals surface area (Å²) >= 11 is 1.19. The zero-order chi connectivity index (χ0) is 19.6. The van der Waals surface area contributed by atoms with Crippen LogP contribution in [0.3, 0.4) is 0 Å². The number of rotatable bonds is 5. The lowest BCUT2D eigenvalue weighted by molar-refractivity contribution is -0.115. The molecule has 27 heavy (non-hydrogen) atoms. The fourth-order valence-corrected chi connectivity index (χ4v) is 3.03. The van der Waals surface area contributed by atoms with Crippen molar-refractivity contribution in [3.63, 3.8) is 0 Å². The lowest BCUT2D eigenvalue weighted by Crippen LogP contribution is -2.22. The number of hydrogen-bond acceptors (Lipinski definition) is 7. The number of aromatic nitrogens is 3. The van der Waals surface area contributed by atoms with Gasteiger partial charge < -0.3 is 14.3 Å². The van der Waals surface area contributed by atoms with Crippen molar-refractivity contribution >= 4 is 23.5 Å². The first-order valence-corrected chi connectivity index (χ1v) is 9.45. The van der Waals surface area contributed by atoms with Crippen molar-refractivity contribution in [2.45, 2.75) is 50.5 Å². The Hall–Kier alpha value is -2.61. The predicted octanol–water partition coefficient (Wildman–Crippen LogP) is 4.45. The van der Waals surface area contributed by atoms with Gasteiger partial charge in [0.2, 0.25) is 11.8 Å². The number of benzene rings is 1. The average Bonchev–Trinajstić information content (AvgIpc) is 3.23. The standard InChI is InChI=1S/C19H22N4O3S/c1-11-10-15(23-26-11)20-16(24)12(2)27-18-22-21-17(25-18)13-6-8-14(9-7-13)19(3,4)5/h6-10,12H,1-5H3,(H,20,23,24). The Labute approximate surface area is 161 Å². The Morgan fingerprint density at radius 3 is 2.48 bits per heavy atom. The van der Waals surface area contributed by atoms with E-state index in [2.05, 4.69) is 53.6 Å². The summed E-state index contributed by atoms with van der Waals surface area (Å²) in [5.74, 6) is 1.22. The first kappa shape index (κ1) is 19.2. The quantitative estimate of drug-likeness (QED) is 0.647. The maximum absolute atomic E-state index is 12.2. The van der Waals surface area contributed by atoms with E-state index in [-0.39, 0.29) is 11.3 Å². The highest BCUT2D eigenvalue weighted by Crippen LogP contribution is 2.29. The maximum atomic E-state index is 12.2. The van der Waals surface area contributed by atoms with Crippen LogP contribution in [0.4, 0.5) is 5.82 Å². The van der Waals surface area contributed by atoms with Crippen LogP contribution in [-0.2, 0) is 10.2 Å². The molecule has 142 valence electrons. The van der Waals surface area contributed by atoms with Crippen LogP contribution in [0.5, 0.6) is 0 Å². The molecule has 3 aromatic rings. The Morgan fingerprint density at radius 2 is 1.89 bits per heavy atom. The predicted molar refractivity (Wildman–Crippen MR) is 104 cm³/mol. The van der Waals surface area contributed by atoms with Gasteiger partial charge in [-0.05, 0) is 37.0 Å². The Kier molecular flexibility index (Phi) is 5.36. The topological polar surface area (TPSA) is 94.1 Å². The van der Waals surface area contributed by atoms with E-state index in [1.165, 1.54) is 17.3 Å². The summed E-state index contributed by atoms with van der Waals surface area (Å²) in [5, 5.41) is 14.4. The van der Waals surface area contributed by atoms with Crippen molar-refractivity contribution in [1.29, 1.82) is 0 Å². The molecule has 1 N–H and O–H groups in total. The first-order valence-electron chi connectivity index (χ1n) is 8.57. The number of amides is 1. The van der Waals surface area contributed by atoms with Gasteiger partial charge in [-0.25, -0.2) is 0 Å². The average molecular weight is 386 g/mol. The van der Waals surface area contributed by atoms with Crippen LogP contribution in [0.1, 0.15) is 39.0 Å². The minimum absolute atomic E-state index is 0.0829. The molecule has 2 aromatic heterocycles. The van der Waals surface area contributed by atoms with Crippen LogP contribution in [0.25, 0.3) is 11.5 Å². The highest BCUT2D eigenvalue weighted by molar-refractivity contribution is 8.00. The van der Waals surface area contributed by atoms with Gasteiger partial charge in [0.1, 0.15) is 5.76 Å². The molecule has 1 amide bonds. The number of hydrogen-bond donors (Lipinski definition) is 1. The lowest BCUT2D eigenvalue weighted by atomic mass is 9.87. The van der Waals surface area contributed by atoms with Gasteiger partial charge in [0.25, 0.3) is 5.22 Å². The van der Waals surface area contributed by atoms with Crippen LogP contribution in [0, 0.1) is 6.92 Å². The van der Waals surface area contributed by atoms with Crippen molar-refractivity contribution in [3.8, 4) is 11.5 Å². The molecule has 0 saturated carbocycles. The molecule has 3 rings (SSSR count).